The van der Waals surface area contributed by atoms with Gasteiger partial charge in [0.05, 0.1) is 0 Å². The standard InChI is InChI=1S/C12H23NS/c1-12(2,3)10-5-4-6-13(7-10)11-8-14-9-11/h10-11H,4-9H2,1-3H3. The molecule has 1 atom stereocenters. The molecule has 0 spiro atoms. The first-order valence-corrected chi connectivity index (χ1v) is 7.04. The lowest BCUT2D eigenvalue weighted by molar-refractivity contribution is 0.0783. The molecule has 2 rings (SSSR count). The Hall–Kier alpha value is 0.310. The topological polar surface area (TPSA) is 3.24 Å². The number of rotatable bonds is 1. The van der Waals surface area contributed by atoms with E-state index in [9.17, 15) is 0 Å². The van der Waals surface area contributed by atoms with E-state index in [1.54, 1.807) is 0 Å². The normalized spacial score (nSPS) is 31.5. The zero-order chi connectivity index (χ0) is 10.2. The number of hydrogen-bond acceptors (Lipinski definition) is 2. The van der Waals surface area contributed by atoms with Crippen LogP contribution in [-0.2, 0) is 0 Å². The van der Waals surface area contributed by atoms with Crippen molar-refractivity contribution in [3.63, 3.8) is 0 Å². The summed E-state index contributed by atoms with van der Waals surface area (Å²) in [5, 5.41) is 0. The molecule has 2 fully saturated rings. The molecule has 2 saturated heterocycles. The Morgan fingerprint density at radius 2 is 1.93 bits per heavy atom. The van der Waals surface area contributed by atoms with Crippen molar-refractivity contribution in [3.8, 4) is 0 Å². The molecule has 2 heteroatoms. The van der Waals surface area contributed by atoms with Gasteiger partial charge in [-0.15, -0.1) is 0 Å². The van der Waals surface area contributed by atoms with Crippen LogP contribution in [0.25, 0.3) is 0 Å². The van der Waals surface area contributed by atoms with Crippen molar-refractivity contribution in [2.75, 3.05) is 24.6 Å². The van der Waals surface area contributed by atoms with Crippen LogP contribution in [0.2, 0.25) is 0 Å². The second-order valence-electron chi connectivity index (χ2n) is 5.89. The van der Waals surface area contributed by atoms with Crippen molar-refractivity contribution in [2.24, 2.45) is 11.3 Å². The summed E-state index contributed by atoms with van der Waals surface area (Å²) in [6.07, 6.45) is 2.86. The maximum absolute atomic E-state index is 2.75. The minimum atomic E-state index is 0.509. The molecular weight excluding hydrogens is 190 g/mol. The van der Waals surface area contributed by atoms with Crippen molar-refractivity contribution in [2.45, 2.75) is 39.7 Å². The first-order valence-electron chi connectivity index (χ1n) is 5.89. The van der Waals surface area contributed by atoms with E-state index in [1.807, 2.05) is 0 Å². The number of thioether (sulfide) groups is 1. The molecule has 0 aromatic carbocycles. The largest absolute Gasteiger partial charge is 0.298 e. The molecule has 14 heavy (non-hydrogen) atoms. The zero-order valence-electron chi connectivity index (χ0n) is 9.75. The molecule has 0 aromatic heterocycles. The molecule has 2 aliphatic rings. The lowest BCUT2D eigenvalue weighted by Crippen LogP contribution is -2.50. The van der Waals surface area contributed by atoms with Gasteiger partial charge in [0.15, 0.2) is 0 Å². The number of nitrogens with zero attached hydrogens (tertiary/aromatic N) is 1. The summed E-state index contributed by atoms with van der Waals surface area (Å²) in [5.41, 5.74) is 0.509. The number of likely N-dealkylation sites (tertiary alicyclic amines) is 1. The van der Waals surface area contributed by atoms with E-state index >= 15 is 0 Å². The van der Waals surface area contributed by atoms with E-state index in [0.717, 1.165) is 12.0 Å². The minimum absolute atomic E-state index is 0.509. The van der Waals surface area contributed by atoms with Gasteiger partial charge in [-0.25, -0.2) is 0 Å². The highest BCUT2D eigenvalue weighted by Gasteiger charge is 2.34. The summed E-state index contributed by atoms with van der Waals surface area (Å²) < 4.78 is 0. The molecule has 0 radical (unpaired) electrons. The van der Waals surface area contributed by atoms with Gasteiger partial charge in [0.1, 0.15) is 0 Å². The van der Waals surface area contributed by atoms with Crippen LogP contribution in [0, 0.1) is 11.3 Å². The third kappa shape index (κ3) is 2.27. The lowest BCUT2D eigenvalue weighted by Gasteiger charge is -2.45. The van der Waals surface area contributed by atoms with Gasteiger partial charge in [-0.2, -0.15) is 11.8 Å². The van der Waals surface area contributed by atoms with E-state index in [4.69, 9.17) is 0 Å². The molecule has 0 saturated carbocycles. The van der Waals surface area contributed by atoms with Crippen LogP contribution < -0.4 is 0 Å². The zero-order valence-corrected chi connectivity index (χ0v) is 10.6. The molecule has 82 valence electrons. The van der Waals surface area contributed by atoms with Gasteiger partial charge in [0, 0.05) is 24.1 Å². The van der Waals surface area contributed by atoms with Crippen LogP contribution in [0.4, 0.5) is 0 Å². The predicted molar refractivity (Wildman–Crippen MR) is 64.9 cm³/mol. The molecule has 2 aliphatic heterocycles. The quantitative estimate of drug-likeness (QED) is 0.659. The Labute approximate surface area is 92.6 Å². The molecule has 0 aromatic rings. The van der Waals surface area contributed by atoms with E-state index < -0.39 is 0 Å². The molecule has 0 N–H and O–H groups in total. The fourth-order valence-corrected chi connectivity index (χ4v) is 3.35. The van der Waals surface area contributed by atoms with Gasteiger partial charge in [0.25, 0.3) is 0 Å². The summed E-state index contributed by atoms with van der Waals surface area (Å²) in [4.78, 5) is 2.75. The van der Waals surface area contributed by atoms with Crippen LogP contribution >= 0.6 is 11.8 Å². The Balaban J connectivity index is 1.90. The Kier molecular flexibility index (Phi) is 3.13. The van der Waals surface area contributed by atoms with Crippen LogP contribution in [0.15, 0.2) is 0 Å². The Bertz CT molecular complexity index is 193. The average Bonchev–Trinajstić information content (AvgIpc) is 2.00. The van der Waals surface area contributed by atoms with Crippen molar-refractivity contribution in [3.05, 3.63) is 0 Å². The second-order valence-corrected chi connectivity index (χ2v) is 6.97. The molecule has 1 unspecified atom stereocenters. The summed E-state index contributed by atoms with van der Waals surface area (Å²) in [7, 11) is 0. The highest BCUT2D eigenvalue weighted by Crippen LogP contribution is 2.35. The smallest absolute Gasteiger partial charge is 0.0277 e. The highest BCUT2D eigenvalue weighted by molar-refractivity contribution is 8.00. The highest BCUT2D eigenvalue weighted by atomic mass is 32.2. The van der Waals surface area contributed by atoms with Crippen LogP contribution in [0.5, 0.6) is 0 Å². The third-order valence-corrected chi connectivity index (χ3v) is 5.06. The predicted octanol–water partition coefficient (Wildman–Crippen LogP) is 2.86. The molecule has 2 heterocycles. The van der Waals surface area contributed by atoms with Crippen molar-refractivity contribution < 1.29 is 0 Å². The SMILES string of the molecule is CC(C)(C)C1CCCN(C2CSC2)C1. The van der Waals surface area contributed by atoms with E-state index in [1.165, 1.54) is 37.4 Å². The van der Waals surface area contributed by atoms with Gasteiger partial charge < -0.3 is 0 Å². The molecule has 0 amide bonds. The Morgan fingerprint density at radius 1 is 1.21 bits per heavy atom. The van der Waals surface area contributed by atoms with Crippen LogP contribution in [-0.4, -0.2) is 35.5 Å². The van der Waals surface area contributed by atoms with Crippen molar-refractivity contribution in [1.29, 1.82) is 0 Å². The van der Waals surface area contributed by atoms with Crippen molar-refractivity contribution in [1.82, 2.24) is 4.90 Å². The van der Waals surface area contributed by atoms with Gasteiger partial charge in [-0.3, -0.25) is 4.90 Å². The third-order valence-electron chi connectivity index (χ3n) is 3.81. The molecule has 0 aliphatic carbocycles. The average molecular weight is 213 g/mol. The summed E-state index contributed by atoms with van der Waals surface area (Å²) >= 11 is 2.11. The maximum Gasteiger partial charge on any atom is 0.0277 e. The van der Waals surface area contributed by atoms with Gasteiger partial charge in [-0.05, 0) is 30.7 Å². The van der Waals surface area contributed by atoms with Gasteiger partial charge in [-0.1, -0.05) is 20.8 Å². The fourth-order valence-electron chi connectivity index (χ4n) is 2.48. The van der Waals surface area contributed by atoms with Gasteiger partial charge >= 0.3 is 0 Å². The van der Waals surface area contributed by atoms with Gasteiger partial charge in [0.2, 0.25) is 0 Å². The summed E-state index contributed by atoms with van der Waals surface area (Å²) in [6, 6.07) is 0.921. The Morgan fingerprint density at radius 3 is 2.43 bits per heavy atom. The lowest BCUT2D eigenvalue weighted by atomic mass is 9.76. The second kappa shape index (κ2) is 4.05. The molecular formula is C12H23NS. The minimum Gasteiger partial charge on any atom is -0.298 e. The van der Waals surface area contributed by atoms with E-state index in [0.29, 0.717) is 5.41 Å². The summed E-state index contributed by atoms with van der Waals surface area (Å²) in [5.74, 6) is 3.69. The van der Waals surface area contributed by atoms with E-state index in [-0.39, 0.29) is 0 Å². The van der Waals surface area contributed by atoms with Crippen molar-refractivity contribution >= 4 is 11.8 Å². The first-order chi connectivity index (χ1) is 6.57. The first kappa shape index (κ1) is 10.8. The number of hydrogen-bond donors (Lipinski definition) is 0. The summed E-state index contributed by atoms with van der Waals surface area (Å²) in [6.45, 7) is 9.91. The monoisotopic (exact) mass is 213 g/mol. The van der Waals surface area contributed by atoms with Crippen LogP contribution in [0.3, 0.4) is 0 Å². The molecule has 0 bridgehead atoms. The fraction of sp³-hybridized carbons (Fsp3) is 1.00. The maximum atomic E-state index is 2.75. The van der Waals surface area contributed by atoms with Crippen LogP contribution in [0.1, 0.15) is 33.6 Å². The van der Waals surface area contributed by atoms with E-state index in [2.05, 4.69) is 37.4 Å². The molecule has 1 nitrogen and oxygen atoms in total. The number of piperidine rings is 1.